The molecule has 1 amide bonds. The molecular formula is C18H19ClN2O5S2. The van der Waals surface area contributed by atoms with Crippen LogP contribution in [0.4, 0.5) is 0 Å². The van der Waals surface area contributed by atoms with E-state index in [1.807, 2.05) is 12.1 Å². The Bertz CT molecular complexity index is 916. The molecule has 0 atom stereocenters. The number of esters is 1. The van der Waals surface area contributed by atoms with Crippen LogP contribution in [0.2, 0.25) is 5.02 Å². The van der Waals surface area contributed by atoms with Crippen molar-refractivity contribution in [2.75, 3.05) is 12.4 Å². The molecule has 0 unspecified atom stereocenters. The van der Waals surface area contributed by atoms with Crippen LogP contribution in [0.3, 0.4) is 0 Å². The fraction of sp³-hybridized carbons (Fsp3) is 0.222. The number of amides is 1. The topological polar surface area (TPSA) is 116 Å². The zero-order chi connectivity index (χ0) is 20.6. The van der Waals surface area contributed by atoms with Crippen LogP contribution >= 0.6 is 23.4 Å². The molecule has 0 heterocycles. The van der Waals surface area contributed by atoms with Crippen molar-refractivity contribution in [3.05, 3.63) is 59.1 Å². The van der Waals surface area contributed by atoms with Crippen molar-refractivity contribution in [3.8, 4) is 0 Å². The molecule has 0 bridgehead atoms. The third kappa shape index (κ3) is 7.89. The van der Waals surface area contributed by atoms with Crippen LogP contribution in [0, 0.1) is 0 Å². The summed E-state index contributed by atoms with van der Waals surface area (Å²) in [6.45, 7) is -0.201. The molecule has 2 aromatic rings. The lowest BCUT2D eigenvalue weighted by Gasteiger charge is -2.07. The SMILES string of the molecule is NS(=O)(=O)c1ccc(CNC(=O)COC(=O)CCSc2ccc(Cl)cc2)cc1. The highest BCUT2D eigenvalue weighted by Crippen LogP contribution is 2.21. The van der Waals surface area contributed by atoms with Gasteiger partial charge in [-0.15, -0.1) is 11.8 Å². The predicted molar refractivity (Wildman–Crippen MR) is 107 cm³/mol. The summed E-state index contributed by atoms with van der Waals surface area (Å²) in [6, 6.07) is 13.1. The Hall–Kier alpha value is -2.07. The summed E-state index contributed by atoms with van der Waals surface area (Å²) in [5.74, 6) is -0.387. The average molecular weight is 443 g/mol. The lowest BCUT2D eigenvalue weighted by molar-refractivity contribution is -0.148. The van der Waals surface area contributed by atoms with Crippen molar-refractivity contribution in [2.24, 2.45) is 5.14 Å². The molecule has 7 nitrogen and oxygen atoms in total. The molecule has 3 N–H and O–H groups in total. The molecule has 0 aliphatic rings. The van der Waals surface area contributed by atoms with Crippen LogP contribution in [0.15, 0.2) is 58.3 Å². The van der Waals surface area contributed by atoms with Crippen molar-refractivity contribution in [1.82, 2.24) is 5.32 Å². The number of benzene rings is 2. The van der Waals surface area contributed by atoms with Crippen molar-refractivity contribution >= 4 is 45.3 Å². The number of carbonyl (C=O) groups is 2. The van der Waals surface area contributed by atoms with Gasteiger partial charge in [0.2, 0.25) is 10.0 Å². The first-order valence-corrected chi connectivity index (χ1v) is 11.1. The minimum absolute atomic E-state index is 0.00650. The smallest absolute Gasteiger partial charge is 0.307 e. The maximum absolute atomic E-state index is 11.8. The van der Waals surface area contributed by atoms with E-state index in [0.29, 0.717) is 16.3 Å². The second-order valence-corrected chi connectivity index (χ2v) is 8.84. The van der Waals surface area contributed by atoms with Gasteiger partial charge in [0.25, 0.3) is 5.91 Å². The number of hydrogen-bond donors (Lipinski definition) is 2. The number of ether oxygens (including phenoxy) is 1. The standard InChI is InChI=1S/C18H19ClN2O5S2/c19-14-3-5-15(6-4-14)27-10-9-18(23)26-12-17(22)21-11-13-1-7-16(8-2-13)28(20,24)25/h1-8H,9-12H2,(H,21,22)(H2,20,24,25). The van der Waals surface area contributed by atoms with Crippen LogP contribution in [-0.2, 0) is 30.9 Å². The fourth-order valence-corrected chi connectivity index (χ4v) is 3.52. The van der Waals surface area contributed by atoms with E-state index in [9.17, 15) is 18.0 Å². The summed E-state index contributed by atoms with van der Waals surface area (Å²) in [5.41, 5.74) is 0.687. The van der Waals surface area contributed by atoms with Crippen LogP contribution in [0.5, 0.6) is 0 Å². The van der Waals surface area contributed by atoms with E-state index in [2.05, 4.69) is 5.32 Å². The third-order valence-electron chi connectivity index (χ3n) is 3.49. The number of nitrogens with two attached hydrogens (primary N) is 1. The van der Waals surface area contributed by atoms with Gasteiger partial charge < -0.3 is 10.1 Å². The molecule has 0 spiro atoms. The lowest BCUT2D eigenvalue weighted by Crippen LogP contribution is -2.28. The van der Waals surface area contributed by atoms with E-state index in [-0.39, 0.29) is 24.5 Å². The van der Waals surface area contributed by atoms with E-state index in [1.165, 1.54) is 23.9 Å². The van der Waals surface area contributed by atoms with E-state index < -0.39 is 21.9 Å². The monoisotopic (exact) mass is 442 g/mol. The van der Waals surface area contributed by atoms with Gasteiger partial charge in [-0.05, 0) is 42.0 Å². The molecule has 0 aliphatic carbocycles. The first-order chi connectivity index (χ1) is 13.2. The van der Waals surface area contributed by atoms with Gasteiger partial charge in [0.1, 0.15) is 0 Å². The average Bonchev–Trinajstić information content (AvgIpc) is 2.66. The third-order valence-corrected chi connectivity index (χ3v) is 5.69. The zero-order valence-corrected chi connectivity index (χ0v) is 17.1. The van der Waals surface area contributed by atoms with Gasteiger partial charge in [0, 0.05) is 22.2 Å². The molecule has 0 aliphatic heterocycles. The number of primary sulfonamides is 1. The molecule has 0 aromatic heterocycles. The Balaban J connectivity index is 1.64. The molecule has 0 fully saturated rings. The fourth-order valence-electron chi connectivity index (χ4n) is 2.05. The summed E-state index contributed by atoms with van der Waals surface area (Å²) >= 11 is 7.30. The quantitative estimate of drug-likeness (QED) is 0.455. The van der Waals surface area contributed by atoms with Crippen molar-refractivity contribution in [2.45, 2.75) is 22.8 Å². The molecule has 10 heteroatoms. The van der Waals surface area contributed by atoms with Crippen LogP contribution in [0.25, 0.3) is 0 Å². The van der Waals surface area contributed by atoms with Crippen LogP contribution < -0.4 is 10.5 Å². The molecule has 150 valence electrons. The van der Waals surface area contributed by atoms with Gasteiger partial charge in [0.05, 0.1) is 11.3 Å². The Morgan fingerprint density at radius 1 is 1.07 bits per heavy atom. The molecule has 28 heavy (non-hydrogen) atoms. The maximum Gasteiger partial charge on any atom is 0.307 e. The number of thioether (sulfide) groups is 1. The molecule has 0 saturated carbocycles. The first kappa shape index (κ1) is 22.2. The van der Waals surface area contributed by atoms with E-state index in [1.54, 1.807) is 24.3 Å². The number of hydrogen-bond acceptors (Lipinski definition) is 6. The van der Waals surface area contributed by atoms with E-state index in [4.69, 9.17) is 21.5 Å². The highest BCUT2D eigenvalue weighted by Gasteiger charge is 2.09. The lowest BCUT2D eigenvalue weighted by atomic mass is 10.2. The van der Waals surface area contributed by atoms with Crippen LogP contribution in [-0.4, -0.2) is 32.7 Å². The Labute approximate surface area is 172 Å². The summed E-state index contributed by atoms with van der Waals surface area (Å²) in [4.78, 5) is 24.4. The Morgan fingerprint density at radius 3 is 2.32 bits per heavy atom. The Kier molecular flexibility index (Phi) is 8.31. The summed E-state index contributed by atoms with van der Waals surface area (Å²) in [6.07, 6.45) is 0.176. The van der Waals surface area contributed by atoms with Crippen LogP contribution in [0.1, 0.15) is 12.0 Å². The second-order valence-electron chi connectivity index (χ2n) is 5.68. The minimum Gasteiger partial charge on any atom is -0.456 e. The van der Waals surface area contributed by atoms with Gasteiger partial charge >= 0.3 is 5.97 Å². The van der Waals surface area contributed by atoms with Gasteiger partial charge in [-0.1, -0.05) is 23.7 Å². The van der Waals surface area contributed by atoms with Gasteiger partial charge in [-0.3, -0.25) is 9.59 Å². The number of halogens is 1. The zero-order valence-electron chi connectivity index (χ0n) is 14.8. The minimum atomic E-state index is -3.75. The first-order valence-electron chi connectivity index (χ1n) is 8.16. The molecule has 0 radical (unpaired) electrons. The Morgan fingerprint density at radius 2 is 1.71 bits per heavy atom. The number of carbonyl (C=O) groups excluding carboxylic acids is 2. The van der Waals surface area contributed by atoms with E-state index in [0.717, 1.165) is 4.90 Å². The van der Waals surface area contributed by atoms with Crippen molar-refractivity contribution in [1.29, 1.82) is 0 Å². The van der Waals surface area contributed by atoms with Crippen molar-refractivity contribution < 1.29 is 22.7 Å². The summed E-state index contributed by atoms with van der Waals surface area (Å²) in [5, 5.41) is 8.25. The molecule has 0 saturated heterocycles. The van der Waals surface area contributed by atoms with Gasteiger partial charge in [-0.25, -0.2) is 13.6 Å². The highest BCUT2D eigenvalue weighted by molar-refractivity contribution is 7.99. The highest BCUT2D eigenvalue weighted by atomic mass is 35.5. The molecular weight excluding hydrogens is 424 g/mol. The molecule has 2 rings (SSSR count). The maximum atomic E-state index is 11.8. The summed E-state index contributed by atoms with van der Waals surface area (Å²) in [7, 11) is -3.75. The van der Waals surface area contributed by atoms with Gasteiger partial charge in [-0.2, -0.15) is 0 Å². The van der Waals surface area contributed by atoms with E-state index >= 15 is 0 Å². The predicted octanol–water partition coefficient (Wildman–Crippen LogP) is 2.33. The van der Waals surface area contributed by atoms with Crippen molar-refractivity contribution in [3.63, 3.8) is 0 Å². The number of sulfonamides is 1. The second kappa shape index (κ2) is 10.5. The number of rotatable bonds is 9. The van der Waals surface area contributed by atoms with Gasteiger partial charge in [0.15, 0.2) is 6.61 Å². The number of nitrogens with one attached hydrogen (secondary N) is 1. The molecule has 2 aromatic carbocycles. The summed E-state index contributed by atoms with van der Waals surface area (Å²) < 4.78 is 27.3. The normalized spacial score (nSPS) is 11.1. The largest absolute Gasteiger partial charge is 0.456 e.